The van der Waals surface area contributed by atoms with Gasteiger partial charge in [0.05, 0.1) is 0 Å². The van der Waals surface area contributed by atoms with Crippen LogP contribution in [-0.2, 0) is 19.1 Å². The first-order valence-corrected chi connectivity index (χ1v) is 22.5. The Morgan fingerprint density at radius 2 is 0.942 bits per heavy atom. The molecule has 7 nitrogen and oxygen atoms in total. The molecule has 2 atom stereocenters. The van der Waals surface area contributed by atoms with Crippen LogP contribution in [0.15, 0.2) is 12.2 Å². The summed E-state index contributed by atoms with van der Waals surface area (Å²) in [6.45, 7) is 4.95. The predicted octanol–water partition coefficient (Wildman–Crippen LogP) is 12.7. The van der Waals surface area contributed by atoms with Gasteiger partial charge in [0.15, 0.2) is 0 Å². The van der Waals surface area contributed by atoms with Crippen LogP contribution in [0.3, 0.4) is 0 Å². The highest BCUT2D eigenvalue weighted by Gasteiger charge is 2.19. The smallest absolute Gasteiger partial charge is 0.326 e. The molecule has 0 saturated carbocycles. The average molecular weight is 735 g/mol. The molecule has 2 unspecified atom stereocenters. The number of rotatable bonds is 41. The number of hydrogen-bond donors (Lipinski definition) is 3. The first-order valence-electron chi connectivity index (χ1n) is 22.5. The summed E-state index contributed by atoms with van der Waals surface area (Å²) in [4.78, 5) is 36.4. The number of esters is 1. The van der Waals surface area contributed by atoms with Crippen molar-refractivity contribution in [2.24, 2.45) is 5.73 Å². The molecule has 0 aromatic rings. The molecule has 0 spiro atoms. The molecule has 0 aromatic heterocycles. The first-order chi connectivity index (χ1) is 25.4. The second-order valence-electron chi connectivity index (χ2n) is 15.5. The van der Waals surface area contributed by atoms with E-state index in [0.717, 1.165) is 64.2 Å². The van der Waals surface area contributed by atoms with Gasteiger partial charge in [0.1, 0.15) is 12.1 Å². The molecule has 0 rings (SSSR count). The highest BCUT2D eigenvalue weighted by molar-refractivity contribution is 5.83. The Bertz CT molecular complexity index is 833. The van der Waals surface area contributed by atoms with E-state index in [0.29, 0.717) is 32.2 Å². The normalized spacial score (nSPS) is 12.7. The highest BCUT2D eigenvalue weighted by atomic mass is 16.5. The maximum atomic E-state index is 12.8. The third-order valence-electron chi connectivity index (χ3n) is 10.3. The van der Waals surface area contributed by atoms with E-state index in [9.17, 15) is 19.5 Å². The Kier molecular flexibility index (Phi) is 38.8. The molecule has 0 saturated heterocycles. The summed E-state index contributed by atoms with van der Waals surface area (Å²) in [6, 6.07) is -0.854. The van der Waals surface area contributed by atoms with Crippen LogP contribution >= 0.6 is 0 Å². The van der Waals surface area contributed by atoms with E-state index in [1.54, 1.807) is 0 Å². The Balaban J connectivity index is 4.31. The van der Waals surface area contributed by atoms with E-state index in [2.05, 4.69) is 31.3 Å². The van der Waals surface area contributed by atoms with E-state index in [1.165, 1.54) is 135 Å². The molecule has 0 aliphatic rings. The second kappa shape index (κ2) is 40.3. The van der Waals surface area contributed by atoms with Gasteiger partial charge >= 0.3 is 11.9 Å². The van der Waals surface area contributed by atoms with Crippen LogP contribution in [0, 0.1) is 0 Å². The van der Waals surface area contributed by atoms with Crippen molar-refractivity contribution in [3.63, 3.8) is 0 Å². The summed E-state index contributed by atoms with van der Waals surface area (Å²) in [6.07, 6.45) is 43.9. The van der Waals surface area contributed by atoms with E-state index >= 15 is 0 Å². The van der Waals surface area contributed by atoms with E-state index in [-0.39, 0.29) is 18.0 Å². The maximum absolute atomic E-state index is 12.8. The molecule has 0 aromatic carbocycles. The highest BCUT2D eigenvalue weighted by Crippen LogP contribution is 2.19. The number of unbranched alkanes of at least 4 members (excludes halogenated alkanes) is 25. The number of ether oxygens (including phenoxy) is 1. The van der Waals surface area contributed by atoms with Crippen molar-refractivity contribution in [2.45, 2.75) is 251 Å². The minimum absolute atomic E-state index is 0.0150. The molecule has 1 amide bonds. The fourth-order valence-corrected chi connectivity index (χ4v) is 6.92. The topological polar surface area (TPSA) is 119 Å². The lowest BCUT2D eigenvalue weighted by molar-refractivity contribution is -0.150. The Morgan fingerprint density at radius 1 is 0.538 bits per heavy atom. The average Bonchev–Trinajstić information content (AvgIpc) is 3.13. The lowest BCUT2D eigenvalue weighted by Crippen LogP contribution is -2.40. The van der Waals surface area contributed by atoms with Gasteiger partial charge < -0.3 is 20.9 Å². The first kappa shape index (κ1) is 50.1. The van der Waals surface area contributed by atoms with Gasteiger partial charge in [0.25, 0.3) is 0 Å². The monoisotopic (exact) mass is 735 g/mol. The fraction of sp³-hybridized carbons (Fsp3) is 0.889. The lowest BCUT2D eigenvalue weighted by Gasteiger charge is -2.18. The molecule has 0 heterocycles. The zero-order valence-electron chi connectivity index (χ0n) is 34.4. The number of amides is 1. The molecule has 4 N–H and O–H groups in total. The summed E-state index contributed by atoms with van der Waals surface area (Å²) < 4.78 is 6.05. The van der Waals surface area contributed by atoms with Crippen molar-refractivity contribution in [1.82, 2.24) is 5.32 Å². The van der Waals surface area contributed by atoms with Crippen LogP contribution in [0.25, 0.3) is 0 Å². The van der Waals surface area contributed by atoms with Gasteiger partial charge in [-0.1, -0.05) is 161 Å². The van der Waals surface area contributed by atoms with Crippen molar-refractivity contribution in [3.8, 4) is 0 Å². The van der Waals surface area contributed by atoms with Crippen LogP contribution in [0.1, 0.15) is 239 Å². The Hall–Kier alpha value is -1.89. The molecule has 52 heavy (non-hydrogen) atoms. The number of nitrogens with one attached hydrogen (secondary N) is 1. The van der Waals surface area contributed by atoms with Crippen LogP contribution in [-0.4, -0.2) is 41.6 Å². The number of carbonyl (C=O) groups excluding carboxylic acids is 2. The van der Waals surface area contributed by atoms with Crippen molar-refractivity contribution >= 4 is 17.8 Å². The van der Waals surface area contributed by atoms with Gasteiger partial charge in [-0.05, 0) is 83.6 Å². The summed E-state index contributed by atoms with van der Waals surface area (Å²) >= 11 is 0. The Morgan fingerprint density at radius 3 is 1.40 bits per heavy atom. The number of carboxylic acids is 1. The zero-order valence-corrected chi connectivity index (χ0v) is 34.4. The SMILES string of the molecule is CCCCCC/C=C\CCCCCCCC(=O)OC(CCCCCCCCCCCCCCC)CCCCCCCC(=O)NC(CCCN)C(=O)O. The summed E-state index contributed by atoms with van der Waals surface area (Å²) in [5, 5.41) is 11.9. The summed E-state index contributed by atoms with van der Waals surface area (Å²) in [7, 11) is 0. The van der Waals surface area contributed by atoms with E-state index in [4.69, 9.17) is 10.5 Å². The quantitative estimate of drug-likeness (QED) is 0.0327. The molecular formula is C45H86N2O5. The van der Waals surface area contributed by atoms with Gasteiger partial charge in [-0.15, -0.1) is 0 Å². The Labute approximate surface area is 321 Å². The minimum atomic E-state index is -1.00. The fourth-order valence-electron chi connectivity index (χ4n) is 6.92. The van der Waals surface area contributed by atoms with E-state index in [1.807, 2.05) is 0 Å². The molecule has 0 fully saturated rings. The number of allylic oxidation sites excluding steroid dienone is 2. The predicted molar refractivity (Wildman–Crippen MR) is 221 cm³/mol. The molecular weight excluding hydrogens is 649 g/mol. The maximum Gasteiger partial charge on any atom is 0.326 e. The zero-order chi connectivity index (χ0) is 38.2. The standard InChI is InChI=1S/C45H86N2O5/c1-3-5-7-9-11-13-15-17-19-21-23-26-30-35-41(36-31-27-25-28-32-38-43(48)47-42(45(50)51)37-34-40-46)52-44(49)39-33-29-24-22-20-18-16-14-12-10-8-6-4-2/h14,16,41-42H,3-13,15,17-40,46H2,1-2H3,(H,47,48)(H,50,51)/b16-14-. The van der Waals surface area contributed by atoms with Crippen LogP contribution in [0.5, 0.6) is 0 Å². The second-order valence-corrected chi connectivity index (χ2v) is 15.5. The lowest BCUT2D eigenvalue weighted by atomic mass is 10.0. The molecule has 306 valence electrons. The number of hydrogen-bond acceptors (Lipinski definition) is 5. The third kappa shape index (κ3) is 36.5. The number of nitrogens with two attached hydrogens (primary N) is 1. The molecule has 0 aliphatic carbocycles. The van der Waals surface area contributed by atoms with Crippen molar-refractivity contribution in [2.75, 3.05) is 6.54 Å². The molecule has 7 heteroatoms. The summed E-state index contributed by atoms with van der Waals surface area (Å²) in [5.74, 6) is -1.23. The van der Waals surface area contributed by atoms with Gasteiger partial charge in [-0.25, -0.2) is 4.79 Å². The minimum Gasteiger partial charge on any atom is -0.480 e. The van der Waals surface area contributed by atoms with E-state index < -0.39 is 12.0 Å². The van der Waals surface area contributed by atoms with Gasteiger partial charge in [0.2, 0.25) is 5.91 Å². The van der Waals surface area contributed by atoms with Crippen LogP contribution in [0.4, 0.5) is 0 Å². The van der Waals surface area contributed by atoms with Crippen molar-refractivity contribution in [3.05, 3.63) is 12.2 Å². The van der Waals surface area contributed by atoms with Crippen LogP contribution in [0.2, 0.25) is 0 Å². The van der Waals surface area contributed by atoms with Crippen LogP contribution < -0.4 is 11.1 Å². The molecule has 0 aliphatic heterocycles. The molecule has 0 radical (unpaired) electrons. The molecule has 0 bridgehead atoms. The number of aliphatic carboxylic acids is 1. The third-order valence-corrected chi connectivity index (χ3v) is 10.3. The van der Waals surface area contributed by atoms with Gasteiger partial charge in [-0.2, -0.15) is 0 Å². The van der Waals surface area contributed by atoms with Crippen molar-refractivity contribution < 1.29 is 24.2 Å². The largest absolute Gasteiger partial charge is 0.480 e. The van der Waals surface area contributed by atoms with Gasteiger partial charge in [0, 0.05) is 12.8 Å². The number of carbonyl (C=O) groups is 3. The van der Waals surface area contributed by atoms with Gasteiger partial charge in [-0.3, -0.25) is 9.59 Å². The summed E-state index contributed by atoms with van der Waals surface area (Å²) in [5.41, 5.74) is 5.49. The van der Waals surface area contributed by atoms with Crippen molar-refractivity contribution in [1.29, 1.82) is 0 Å². The number of carboxylic acid groups (broad SMARTS) is 1.